The summed E-state index contributed by atoms with van der Waals surface area (Å²) in [4.78, 5) is 0. The van der Waals surface area contributed by atoms with Gasteiger partial charge >= 0.3 is 0 Å². The first kappa shape index (κ1) is 41.7. The molecule has 0 aliphatic heterocycles. The summed E-state index contributed by atoms with van der Waals surface area (Å²) < 4.78 is 0. The summed E-state index contributed by atoms with van der Waals surface area (Å²) in [6, 6.07) is 75.4. The fraction of sp³-hybridized carbons (Fsp3) is 0. The molecular formula is C72H36. The van der Waals surface area contributed by atoms with Crippen molar-refractivity contribution >= 4 is 64.6 Å². The molecule has 0 amide bonds. The monoisotopic (exact) mass is 900 g/mol. The van der Waals surface area contributed by atoms with Gasteiger partial charge in [-0.05, 0) is 137 Å². The molecule has 12 bridgehead atoms. The van der Waals surface area contributed by atoms with E-state index in [1.54, 1.807) is 0 Å². The Morgan fingerprint density at radius 3 is 0.347 bits per heavy atom. The van der Waals surface area contributed by atoms with Crippen molar-refractivity contribution in [1.29, 1.82) is 0 Å². The standard InChI is InChI=1S/C72H36/c1-2-14-56-55(13-1)67-43-37-49-25-27-51(28-26-49)39-45-69-59-17-5-7-19-61(59)71(62-20-8-6-18-60(62)69)47-41-53-33-35-54(36-34-53)42-48-72-65-23-11-9-21-63(65)70(64-22-10-12-24-66(64)72)46-40-52-31-29-50(30-32-52)38-44-68(56)58-16-4-3-15-57(58)67/h1-36H. The molecule has 0 fully saturated rings. The van der Waals surface area contributed by atoms with E-state index in [0.717, 1.165) is 131 Å². The van der Waals surface area contributed by atoms with Crippen LogP contribution < -0.4 is 0 Å². The largest absolute Gasteiger partial charge is 0.0616 e. The van der Waals surface area contributed by atoms with Crippen molar-refractivity contribution in [1.82, 2.24) is 0 Å². The second-order valence-electron chi connectivity index (χ2n) is 17.8. The van der Waals surface area contributed by atoms with Gasteiger partial charge in [0.1, 0.15) is 0 Å². The number of benzene rings is 12. The number of hydrogen-bond donors (Lipinski definition) is 0. The van der Waals surface area contributed by atoms with E-state index in [-0.39, 0.29) is 0 Å². The van der Waals surface area contributed by atoms with Crippen molar-refractivity contribution < 1.29 is 0 Å². The fourth-order valence-corrected chi connectivity index (χ4v) is 9.91. The van der Waals surface area contributed by atoms with E-state index in [1.807, 2.05) is 0 Å². The van der Waals surface area contributed by atoms with E-state index >= 15 is 0 Å². The van der Waals surface area contributed by atoms with Gasteiger partial charge in [-0.15, -0.1) is 0 Å². The molecule has 10 aliphatic carbocycles. The molecule has 12 aromatic rings. The Hall–Kier alpha value is -10.4. The number of hydrogen-bond acceptors (Lipinski definition) is 0. The van der Waals surface area contributed by atoms with E-state index in [9.17, 15) is 0 Å². The molecule has 0 spiro atoms. The Labute approximate surface area is 418 Å². The Balaban J connectivity index is 0.991. The molecule has 0 atom stereocenters. The smallest absolute Gasteiger partial charge is 0.0406 e. The summed E-state index contributed by atoms with van der Waals surface area (Å²) in [7, 11) is 0. The van der Waals surface area contributed by atoms with Gasteiger partial charge in [-0.1, -0.05) is 217 Å². The topological polar surface area (TPSA) is 0 Å². The highest BCUT2D eigenvalue weighted by Crippen LogP contribution is 2.35. The van der Waals surface area contributed by atoms with Crippen molar-refractivity contribution in [3.05, 3.63) is 285 Å². The maximum Gasteiger partial charge on any atom is 0.0406 e. The number of rotatable bonds is 0. The van der Waals surface area contributed by atoms with Crippen molar-refractivity contribution in [3.63, 3.8) is 0 Å². The molecule has 0 saturated heterocycles. The van der Waals surface area contributed by atoms with Gasteiger partial charge in [-0.3, -0.25) is 0 Å². The maximum absolute atomic E-state index is 3.58. The highest BCUT2D eigenvalue weighted by atomic mass is 14.2. The van der Waals surface area contributed by atoms with Crippen LogP contribution in [0.4, 0.5) is 0 Å². The second-order valence-corrected chi connectivity index (χ2v) is 17.8. The van der Waals surface area contributed by atoms with E-state index in [4.69, 9.17) is 0 Å². The molecule has 12 aromatic carbocycles. The van der Waals surface area contributed by atoms with Crippen LogP contribution in [0.15, 0.2) is 218 Å². The molecule has 0 heteroatoms. The van der Waals surface area contributed by atoms with Crippen molar-refractivity contribution in [2.24, 2.45) is 0 Å². The first-order chi connectivity index (χ1) is 35.7. The summed E-state index contributed by atoms with van der Waals surface area (Å²) in [5.74, 6) is 42.4. The van der Waals surface area contributed by atoms with Crippen LogP contribution in [0.3, 0.4) is 0 Å². The van der Waals surface area contributed by atoms with E-state index in [0.29, 0.717) is 0 Å². The van der Waals surface area contributed by atoms with Crippen LogP contribution in [0.5, 0.6) is 0 Å². The van der Waals surface area contributed by atoms with Crippen LogP contribution in [0.1, 0.15) is 66.8 Å². The van der Waals surface area contributed by atoms with Crippen LogP contribution in [-0.4, -0.2) is 0 Å². The van der Waals surface area contributed by atoms with Crippen molar-refractivity contribution in [2.75, 3.05) is 0 Å². The van der Waals surface area contributed by atoms with Crippen LogP contribution in [0, 0.1) is 71.0 Å². The molecule has 22 rings (SSSR count). The molecule has 0 aromatic heterocycles. The highest BCUT2D eigenvalue weighted by Gasteiger charge is 2.15. The Kier molecular flexibility index (Phi) is 10.4. The minimum Gasteiger partial charge on any atom is -0.0616 e. The Morgan fingerprint density at radius 1 is 0.125 bits per heavy atom. The molecular weight excluding hydrogens is 865 g/mol. The zero-order chi connectivity index (χ0) is 47.8. The van der Waals surface area contributed by atoms with Gasteiger partial charge < -0.3 is 0 Å². The normalized spacial score (nSPS) is 11.3. The molecule has 72 heavy (non-hydrogen) atoms. The Bertz CT molecular complexity index is 3720. The third kappa shape index (κ3) is 7.63. The van der Waals surface area contributed by atoms with Gasteiger partial charge in [0, 0.05) is 66.8 Å². The summed E-state index contributed by atoms with van der Waals surface area (Å²) in [5.41, 5.74) is 11.4. The third-order valence-electron chi connectivity index (χ3n) is 13.4. The van der Waals surface area contributed by atoms with Crippen molar-refractivity contribution in [2.45, 2.75) is 0 Å². The first-order valence-corrected chi connectivity index (χ1v) is 23.9. The van der Waals surface area contributed by atoms with Crippen molar-refractivity contribution in [3.8, 4) is 71.0 Å². The predicted octanol–water partition coefficient (Wildman–Crippen LogP) is 15.3. The maximum atomic E-state index is 3.58. The molecule has 0 N–H and O–H groups in total. The first-order valence-electron chi connectivity index (χ1n) is 23.9. The molecule has 10 aliphatic rings. The molecule has 0 radical (unpaired) electrons. The zero-order valence-corrected chi connectivity index (χ0v) is 38.8. The third-order valence-corrected chi connectivity index (χ3v) is 13.4. The lowest BCUT2D eigenvalue weighted by Crippen LogP contribution is -1.91. The lowest BCUT2D eigenvalue weighted by Gasteiger charge is -2.10. The Morgan fingerprint density at radius 2 is 0.236 bits per heavy atom. The van der Waals surface area contributed by atoms with Crippen LogP contribution >= 0.6 is 0 Å². The molecule has 0 nitrogen and oxygen atoms in total. The zero-order valence-electron chi connectivity index (χ0n) is 38.8. The average Bonchev–Trinajstić information content (AvgIpc) is 3.44. The quantitative estimate of drug-likeness (QED) is 0.105. The molecule has 0 unspecified atom stereocenters. The minimum atomic E-state index is 0.912. The second kappa shape index (κ2) is 17.9. The van der Waals surface area contributed by atoms with Gasteiger partial charge in [0.2, 0.25) is 0 Å². The summed E-state index contributed by atoms with van der Waals surface area (Å²) in [6.45, 7) is 0. The molecule has 0 heterocycles. The molecule has 324 valence electrons. The van der Waals surface area contributed by atoms with E-state index < -0.39 is 0 Å². The van der Waals surface area contributed by atoms with Crippen LogP contribution in [0.2, 0.25) is 0 Å². The summed E-state index contributed by atoms with van der Waals surface area (Å²) >= 11 is 0. The van der Waals surface area contributed by atoms with Crippen LogP contribution in [-0.2, 0) is 0 Å². The highest BCUT2D eigenvalue weighted by molar-refractivity contribution is 6.12. The van der Waals surface area contributed by atoms with Crippen LogP contribution in [0.25, 0.3) is 64.6 Å². The van der Waals surface area contributed by atoms with Gasteiger partial charge in [0.05, 0.1) is 0 Å². The van der Waals surface area contributed by atoms with E-state index in [1.165, 1.54) is 0 Å². The summed E-state index contributed by atoms with van der Waals surface area (Å²) in [6.07, 6.45) is 0. The van der Waals surface area contributed by atoms with Gasteiger partial charge in [0.25, 0.3) is 0 Å². The van der Waals surface area contributed by atoms with Gasteiger partial charge in [-0.25, -0.2) is 0 Å². The lowest BCUT2D eigenvalue weighted by molar-refractivity contribution is 1.59. The predicted molar refractivity (Wildman–Crippen MR) is 300 cm³/mol. The molecule has 0 saturated carbocycles. The summed E-state index contributed by atoms with van der Waals surface area (Å²) in [5, 5.41) is 12.8. The van der Waals surface area contributed by atoms with Gasteiger partial charge in [-0.2, -0.15) is 0 Å². The van der Waals surface area contributed by atoms with Gasteiger partial charge in [0.15, 0.2) is 0 Å². The lowest BCUT2D eigenvalue weighted by atomic mass is 9.91. The average molecular weight is 901 g/mol. The van der Waals surface area contributed by atoms with E-state index in [2.05, 4.69) is 289 Å². The SMILES string of the molecule is C1#Cc2c3ccccc3c(c3ccccc23)C#Cc2ccc(cc2)C#Cc2c3ccccc3c(c3ccccc23)C#Cc2ccc(cc2)C#Cc2c3ccccc3c(c3ccccc23)C#Cc2ccc1cc2. The fourth-order valence-electron chi connectivity index (χ4n) is 9.91. The minimum absolute atomic E-state index is 0.912.